The van der Waals surface area contributed by atoms with Crippen LogP contribution in [0.4, 0.5) is 5.69 Å². The lowest BCUT2D eigenvalue weighted by atomic mass is 9.79. The molecule has 1 fully saturated rings. The summed E-state index contributed by atoms with van der Waals surface area (Å²) in [6.45, 7) is 4.70. The number of hydrogen-bond acceptors (Lipinski definition) is 2. The first kappa shape index (κ1) is 13.3. The molecule has 18 heavy (non-hydrogen) atoms. The Hall–Kier alpha value is -1.18. The molecule has 0 heterocycles. The maximum absolute atomic E-state index is 5.18. The van der Waals surface area contributed by atoms with Crippen LogP contribution in [0.1, 0.15) is 39.5 Å². The number of benzene rings is 1. The van der Waals surface area contributed by atoms with Gasteiger partial charge >= 0.3 is 0 Å². The van der Waals surface area contributed by atoms with Crippen molar-refractivity contribution in [3.63, 3.8) is 0 Å². The van der Waals surface area contributed by atoms with Gasteiger partial charge in [0.2, 0.25) is 0 Å². The normalized spacial score (nSPS) is 24.0. The molecule has 1 N–H and O–H groups in total. The Morgan fingerprint density at radius 1 is 1.17 bits per heavy atom. The molecular weight excluding hydrogens is 222 g/mol. The third kappa shape index (κ3) is 3.41. The van der Waals surface area contributed by atoms with Crippen molar-refractivity contribution < 1.29 is 4.74 Å². The second-order valence-electron chi connectivity index (χ2n) is 5.74. The molecule has 1 aliphatic rings. The van der Waals surface area contributed by atoms with Gasteiger partial charge in [-0.1, -0.05) is 26.7 Å². The first-order chi connectivity index (χ1) is 8.69. The molecule has 0 aliphatic heterocycles. The average Bonchev–Trinajstić information content (AvgIpc) is 2.40. The minimum absolute atomic E-state index is 0.638. The smallest absolute Gasteiger partial charge is 0.119 e. The minimum atomic E-state index is 0.638. The summed E-state index contributed by atoms with van der Waals surface area (Å²) >= 11 is 0. The van der Waals surface area contributed by atoms with Gasteiger partial charge in [0.1, 0.15) is 5.75 Å². The number of anilines is 1. The van der Waals surface area contributed by atoms with E-state index in [1.807, 2.05) is 12.1 Å². The lowest BCUT2D eigenvalue weighted by molar-refractivity contribution is 0.264. The highest BCUT2D eigenvalue weighted by atomic mass is 16.5. The highest BCUT2D eigenvalue weighted by Gasteiger charge is 2.23. The number of ether oxygens (including phenoxy) is 1. The molecule has 2 heteroatoms. The lowest BCUT2D eigenvalue weighted by Crippen LogP contribution is -2.29. The molecule has 0 saturated heterocycles. The molecule has 0 unspecified atom stereocenters. The Labute approximate surface area is 111 Å². The highest BCUT2D eigenvalue weighted by molar-refractivity contribution is 5.47. The first-order valence-electron chi connectivity index (χ1n) is 7.09. The summed E-state index contributed by atoms with van der Waals surface area (Å²) < 4.78 is 5.18. The fraction of sp³-hybridized carbons (Fsp3) is 0.625. The van der Waals surface area contributed by atoms with Gasteiger partial charge in [0.05, 0.1) is 7.11 Å². The van der Waals surface area contributed by atoms with E-state index in [0.717, 1.165) is 17.6 Å². The van der Waals surface area contributed by atoms with E-state index in [9.17, 15) is 0 Å². The van der Waals surface area contributed by atoms with E-state index in [-0.39, 0.29) is 0 Å². The molecule has 2 nitrogen and oxygen atoms in total. The van der Waals surface area contributed by atoms with E-state index < -0.39 is 0 Å². The zero-order chi connectivity index (χ0) is 13.0. The third-order valence-electron chi connectivity index (χ3n) is 4.12. The van der Waals surface area contributed by atoms with Gasteiger partial charge in [0.25, 0.3) is 0 Å². The van der Waals surface area contributed by atoms with Gasteiger partial charge in [-0.05, 0) is 48.9 Å². The standard InChI is InChI=1S/C16H25NO/c1-12(2)13-5-4-6-15(11-13)17-14-7-9-16(18-3)10-8-14/h7-10,12-13,15,17H,4-6,11H2,1-3H3/t13-,15+/m0/s1. The Morgan fingerprint density at radius 2 is 1.89 bits per heavy atom. The molecule has 100 valence electrons. The van der Waals surface area contributed by atoms with Crippen molar-refractivity contribution in [2.75, 3.05) is 12.4 Å². The van der Waals surface area contributed by atoms with Crippen molar-refractivity contribution in [3.05, 3.63) is 24.3 Å². The molecule has 0 aromatic heterocycles. The van der Waals surface area contributed by atoms with Crippen molar-refractivity contribution in [1.82, 2.24) is 0 Å². The molecule has 1 saturated carbocycles. The maximum Gasteiger partial charge on any atom is 0.119 e. The van der Waals surface area contributed by atoms with Gasteiger partial charge in [0, 0.05) is 11.7 Å². The molecule has 2 rings (SSSR count). The van der Waals surface area contributed by atoms with Crippen molar-refractivity contribution in [3.8, 4) is 5.75 Å². The number of rotatable bonds is 4. The summed E-state index contributed by atoms with van der Waals surface area (Å²) in [6, 6.07) is 8.89. The lowest BCUT2D eigenvalue weighted by Gasteiger charge is -2.32. The Balaban J connectivity index is 1.91. The van der Waals surface area contributed by atoms with Crippen molar-refractivity contribution in [1.29, 1.82) is 0 Å². The van der Waals surface area contributed by atoms with E-state index in [0.29, 0.717) is 6.04 Å². The number of hydrogen-bond donors (Lipinski definition) is 1. The molecule has 0 radical (unpaired) electrons. The van der Waals surface area contributed by atoms with Crippen LogP contribution in [0.25, 0.3) is 0 Å². The second-order valence-corrected chi connectivity index (χ2v) is 5.74. The van der Waals surface area contributed by atoms with Crippen LogP contribution in [0, 0.1) is 11.8 Å². The molecule has 2 atom stereocenters. The molecule has 0 spiro atoms. The quantitative estimate of drug-likeness (QED) is 0.855. The fourth-order valence-corrected chi connectivity index (χ4v) is 2.89. The van der Waals surface area contributed by atoms with Crippen LogP contribution in [-0.2, 0) is 0 Å². The Bertz CT molecular complexity index is 358. The number of methoxy groups -OCH3 is 1. The summed E-state index contributed by atoms with van der Waals surface area (Å²) in [5, 5.41) is 3.66. The minimum Gasteiger partial charge on any atom is -0.497 e. The summed E-state index contributed by atoms with van der Waals surface area (Å²) in [5.41, 5.74) is 1.21. The zero-order valence-corrected chi connectivity index (χ0v) is 11.8. The zero-order valence-electron chi connectivity index (χ0n) is 11.8. The largest absolute Gasteiger partial charge is 0.497 e. The van der Waals surface area contributed by atoms with Crippen LogP contribution >= 0.6 is 0 Å². The predicted octanol–water partition coefficient (Wildman–Crippen LogP) is 4.32. The van der Waals surface area contributed by atoms with Crippen molar-refractivity contribution >= 4 is 5.69 Å². The van der Waals surface area contributed by atoms with Crippen LogP contribution in [0.2, 0.25) is 0 Å². The Kier molecular flexibility index (Phi) is 4.51. The van der Waals surface area contributed by atoms with E-state index in [1.54, 1.807) is 7.11 Å². The van der Waals surface area contributed by atoms with Gasteiger partial charge in [-0.3, -0.25) is 0 Å². The number of nitrogens with one attached hydrogen (secondary N) is 1. The second kappa shape index (κ2) is 6.12. The summed E-state index contributed by atoms with van der Waals surface area (Å²) in [5.74, 6) is 2.62. The van der Waals surface area contributed by atoms with Gasteiger partial charge in [-0.25, -0.2) is 0 Å². The molecule has 0 bridgehead atoms. The molecule has 1 aromatic carbocycles. The average molecular weight is 247 g/mol. The van der Waals surface area contributed by atoms with Crippen LogP contribution in [0.5, 0.6) is 5.75 Å². The first-order valence-corrected chi connectivity index (χ1v) is 7.09. The monoisotopic (exact) mass is 247 g/mol. The highest BCUT2D eigenvalue weighted by Crippen LogP contribution is 2.31. The van der Waals surface area contributed by atoms with Crippen LogP contribution < -0.4 is 10.1 Å². The fourth-order valence-electron chi connectivity index (χ4n) is 2.89. The summed E-state index contributed by atoms with van der Waals surface area (Å²) in [7, 11) is 1.71. The van der Waals surface area contributed by atoms with Gasteiger partial charge < -0.3 is 10.1 Å². The van der Waals surface area contributed by atoms with E-state index in [4.69, 9.17) is 4.74 Å². The third-order valence-corrected chi connectivity index (χ3v) is 4.12. The van der Waals surface area contributed by atoms with Crippen LogP contribution in [0.3, 0.4) is 0 Å². The van der Waals surface area contributed by atoms with E-state index in [1.165, 1.54) is 31.4 Å². The molecular formula is C16H25NO. The maximum atomic E-state index is 5.18. The van der Waals surface area contributed by atoms with Gasteiger partial charge in [-0.15, -0.1) is 0 Å². The molecule has 1 aromatic rings. The molecule has 0 amide bonds. The summed E-state index contributed by atoms with van der Waals surface area (Å²) in [6.07, 6.45) is 5.37. The summed E-state index contributed by atoms with van der Waals surface area (Å²) in [4.78, 5) is 0. The SMILES string of the molecule is COc1ccc(N[C@@H]2CCC[C@H](C(C)C)C2)cc1. The van der Waals surface area contributed by atoms with Gasteiger partial charge in [-0.2, -0.15) is 0 Å². The van der Waals surface area contributed by atoms with Crippen LogP contribution in [0.15, 0.2) is 24.3 Å². The van der Waals surface area contributed by atoms with E-state index in [2.05, 4.69) is 31.3 Å². The molecule has 1 aliphatic carbocycles. The van der Waals surface area contributed by atoms with Crippen molar-refractivity contribution in [2.45, 2.75) is 45.6 Å². The van der Waals surface area contributed by atoms with Gasteiger partial charge in [0.15, 0.2) is 0 Å². The Morgan fingerprint density at radius 3 is 2.50 bits per heavy atom. The topological polar surface area (TPSA) is 21.3 Å². The van der Waals surface area contributed by atoms with Crippen LogP contribution in [-0.4, -0.2) is 13.2 Å². The van der Waals surface area contributed by atoms with E-state index >= 15 is 0 Å². The van der Waals surface area contributed by atoms with Crippen molar-refractivity contribution in [2.24, 2.45) is 11.8 Å². The predicted molar refractivity (Wildman–Crippen MR) is 77.2 cm³/mol.